The van der Waals surface area contributed by atoms with E-state index in [2.05, 4.69) is 0 Å². The molecule has 0 radical (unpaired) electrons. The first-order chi connectivity index (χ1) is 9.04. The Kier molecular flexibility index (Phi) is 4.07. The van der Waals surface area contributed by atoms with Crippen molar-refractivity contribution >= 4 is 17.8 Å². The second kappa shape index (κ2) is 5.59. The van der Waals surface area contributed by atoms with E-state index in [0.717, 1.165) is 12.8 Å². The van der Waals surface area contributed by atoms with Crippen LogP contribution in [0.3, 0.4) is 0 Å². The van der Waals surface area contributed by atoms with Crippen molar-refractivity contribution in [2.24, 2.45) is 5.92 Å². The predicted molar refractivity (Wildman–Crippen MR) is 65.3 cm³/mol. The molecule has 0 aromatic carbocycles. The molecule has 19 heavy (non-hydrogen) atoms. The summed E-state index contributed by atoms with van der Waals surface area (Å²) in [6.07, 6.45) is 2.36. The topological polar surface area (TPSA) is 83.9 Å². The Labute approximate surface area is 111 Å². The number of hydrogen-bond donors (Lipinski definition) is 1. The average molecular weight is 269 g/mol. The van der Waals surface area contributed by atoms with E-state index >= 15 is 0 Å². The lowest BCUT2D eigenvalue weighted by atomic mass is 9.89. The maximum atomic E-state index is 12.1. The number of hydrogen-bond acceptors (Lipinski definition) is 4. The minimum absolute atomic E-state index is 0.0424. The molecule has 0 aromatic rings. The summed E-state index contributed by atoms with van der Waals surface area (Å²) >= 11 is 0. The van der Waals surface area contributed by atoms with Crippen molar-refractivity contribution in [2.45, 2.75) is 51.1 Å². The largest absolute Gasteiger partial charge is 0.481 e. The first-order valence-electron chi connectivity index (χ1n) is 6.74. The third-order valence-corrected chi connectivity index (χ3v) is 3.99. The molecule has 1 N–H and O–H groups in total. The number of amides is 1. The third-order valence-electron chi connectivity index (χ3n) is 3.99. The molecular weight excluding hydrogens is 250 g/mol. The Morgan fingerprint density at radius 3 is 2.58 bits per heavy atom. The van der Waals surface area contributed by atoms with Gasteiger partial charge in [-0.05, 0) is 26.2 Å². The molecule has 106 valence electrons. The van der Waals surface area contributed by atoms with Gasteiger partial charge in [0.05, 0.1) is 18.9 Å². The number of carbonyl (C=O) groups excluding carboxylic acids is 2. The van der Waals surface area contributed by atoms with Gasteiger partial charge in [0, 0.05) is 18.5 Å². The van der Waals surface area contributed by atoms with Crippen molar-refractivity contribution in [3.8, 4) is 0 Å². The number of carboxylic acids is 1. The molecule has 2 saturated heterocycles. The minimum atomic E-state index is -0.824. The van der Waals surface area contributed by atoms with E-state index in [1.807, 2.05) is 0 Å². The van der Waals surface area contributed by atoms with Crippen LogP contribution in [-0.4, -0.2) is 46.5 Å². The van der Waals surface area contributed by atoms with Gasteiger partial charge in [-0.3, -0.25) is 14.4 Å². The predicted octanol–water partition coefficient (Wildman–Crippen LogP) is 0.794. The third kappa shape index (κ3) is 2.72. The molecule has 0 aromatic heterocycles. The van der Waals surface area contributed by atoms with Crippen LogP contribution in [0.15, 0.2) is 0 Å². The van der Waals surface area contributed by atoms with Gasteiger partial charge < -0.3 is 14.7 Å². The SMILES string of the molecule is CCOC(=O)CCC(=O)N1C2CCC1C(C(=O)O)C2. The summed E-state index contributed by atoms with van der Waals surface area (Å²) < 4.78 is 4.78. The fourth-order valence-electron chi connectivity index (χ4n) is 3.21. The molecule has 0 spiro atoms. The van der Waals surface area contributed by atoms with Crippen LogP contribution in [-0.2, 0) is 19.1 Å². The van der Waals surface area contributed by atoms with Crippen LogP contribution < -0.4 is 0 Å². The fraction of sp³-hybridized carbons (Fsp3) is 0.769. The van der Waals surface area contributed by atoms with Crippen LogP contribution in [0.2, 0.25) is 0 Å². The zero-order valence-corrected chi connectivity index (χ0v) is 11.0. The van der Waals surface area contributed by atoms with E-state index in [0.29, 0.717) is 13.0 Å². The second-order valence-electron chi connectivity index (χ2n) is 5.08. The first-order valence-corrected chi connectivity index (χ1v) is 6.74. The van der Waals surface area contributed by atoms with E-state index in [1.54, 1.807) is 11.8 Å². The molecule has 2 rings (SSSR count). The molecule has 2 aliphatic rings. The van der Waals surface area contributed by atoms with Crippen molar-refractivity contribution in [2.75, 3.05) is 6.61 Å². The van der Waals surface area contributed by atoms with E-state index in [1.165, 1.54) is 0 Å². The zero-order chi connectivity index (χ0) is 14.0. The van der Waals surface area contributed by atoms with Gasteiger partial charge in [0.2, 0.25) is 5.91 Å². The van der Waals surface area contributed by atoms with Crippen LogP contribution in [0.5, 0.6) is 0 Å². The zero-order valence-electron chi connectivity index (χ0n) is 11.0. The lowest BCUT2D eigenvalue weighted by Crippen LogP contribution is -2.38. The number of aliphatic carboxylic acids is 1. The summed E-state index contributed by atoms with van der Waals surface area (Å²) in [6, 6.07) is -0.141. The number of carboxylic acid groups (broad SMARTS) is 1. The highest BCUT2D eigenvalue weighted by molar-refractivity contribution is 5.83. The number of fused-ring (bicyclic) bond motifs is 2. The molecule has 2 bridgehead atoms. The van der Waals surface area contributed by atoms with Gasteiger partial charge >= 0.3 is 11.9 Å². The van der Waals surface area contributed by atoms with Gasteiger partial charge in [-0.1, -0.05) is 0 Å². The lowest BCUT2D eigenvalue weighted by molar-refractivity contribution is -0.147. The maximum absolute atomic E-state index is 12.1. The Bertz CT molecular complexity index is 394. The molecular formula is C13H19NO5. The van der Waals surface area contributed by atoms with Crippen molar-refractivity contribution in [1.82, 2.24) is 4.90 Å². The molecule has 3 atom stereocenters. The van der Waals surface area contributed by atoms with Crippen LogP contribution in [0, 0.1) is 5.92 Å². The molecule has 6 nitrogen and oxygen atoms in total. The maximum Gasteiger partial charge on any atom is 0.308 e. The molecule has 0 saturated carbocycles. The van der Waals surface area contributed by atoms with Gasteiger partial charge in [-0.25, -0.2) is 0 Å². The Hall–Kier alpha value is -1.59. The number of ether oxygens (including phenoxy) is 1. The normalized spacial score (nSPS) is 28.5. The quantitative estimate of drug-likeness (QED) is 0.746. The number of carbonyl (C=O) groups is 3. The summed E-state index contributed by atoms with van der Waals surface area (Å²) in [5.41, 5.74) is 0. The van der Waals surface area contributed by atoms with Crippen LogP contribution in [0.25, 0.3) is 0 Å². The number of nitrogens with zero attached hydrogens (tertiary/aromatic N) is 1. The summed E-state index contributed by atoms with van der Waals surface area (Å²) in [5, 5.41) is 9.11. The van der Waals surface area contributed by atoms with E-state index in [-0.39, 0.29) is 36.8 Å². The van der Waals surface area contributed by atoms with Crippen LogP contribution in [0.1, 0.15) is 39.0 Å². The smallest absolute Gasteiger partial charge is 0.308 e. The monoisotopic (exact) mass is 269 g/mol. The van der Waals surface area contributed by atoms with Crippen molar-refractivity contribution in [3.05, 3.63) is 0 Å². The Morgan fingerprint density at radius 1 is 1.26 bits per heavy atom. The fourth-order valence-corrected chi connectivity index (χ4v) is 3.21. The van der Waals surface area contributed by atoms with E-state index in [9.17, 15) is 14.4 Å². The van der Waals surface area contributed by atoms with Gasteiger partial charge in [0.25, 0.3) is 0 Å². The highest BCUT2D eigenvalue weighted by Crippen LogP contribution is 2.42. The summed E-state index contributed by atoms with van der Waals surface area (Å²) in [6.45, 7) is 2.03. The number of esters is 1. The molecule has 1 amide bonds. The average Bonchev–Trinajstić information content (AvgIpc) is 2.93. The highest BCUT2D eigenvalue weighted by Gasteiger charge is 2.50. The van der Waals surface area contributed by atoms with Crippen LogP contribution in [0.4, 0.5) is 0 Å². The molecule has 2 fully saturated rings. The van der Waals surface area contributed by atoms with E-state index < -0.39 is 11.9 Å². The van der Waals surface area contributed by atoms with Gasteiger partial charge in [-0.15, -0.1) is 0 Å². The summed E-state index contributed by atoms with van der Waals surface area (Å²) in [4.78, 5) is 36.1. The highest BCUT2D eigenvalue weighted by atomic mass is 16.5. The Morgan fingerprint density at radius 2 is 2.00 bits per heavy atom. The minimum Gasteiger partial charge on any atom is -0.481 e. The molecule has 0 aliphatic carbocycles. The second-order valence-corrected chi connectivity index (χ2v) is 5.08. The van der Waals surface area contributed by atoms with Gasteiger partial charge in [0.15, 0.2) is 0 Å². The van der Waals surface area contributed by atoms with Crippen molar-refractivity contribution in [3.63, 3.8) is 0 Å². The molecule has 2 aliphatic heterocycles. The van der Waals surface area contributed by atoms with E-state index in [4.69, 9.17) is 9.84 Å². The molecule has 3 unspecified atom stereocenters. The van der Waals surface area contributed by atoms with Gasteiger partial charge in [-0.2, -0.15) is 0 Å². The molecule has 6 heteroatoms. The standard InChI is InChI=1S/C13H19NO5/c1-2-19-12(16)6-5-11(15)14-8-3-4-10(14)9(7-8)13(17)18/h8-10H,2-7H2,1H3,(H,17,18). The van der Waals surface area contributed by atoms with Gasteiger partial charge in [0.1, 0.15) is 0 Å². The molecule has 2 heterocycles. The van der Waals surface area contributed by atoms with Crippen molar-refractivity contribution in [1.29, 1.82) is 0 Å². The summed E-state index contributed by atoms with van der Waals surface area (Å²) in [7, 11) is 0. The number of rotatable bonds is 5. The van der Waals surface area contributed by atoms with Crippen LogP contribution >= 0.6 is 0 Å². The van der Waals surface area contributed by atoms with Crippen molar-refractivity contribution < 1.29 is 24.2 Å². The first kappa shape index (κ1) is 13.8. The Balaban J connectivity index is 1.90. The summed E-state index contributed by atoms with van der Waals surface area (Å²) in [5.74, 6) is -1.76. The lowest BCUT2D eigenvalue weighted by Gasteiger charge is -2.22.